The molecule has 0 bridgehead atoms. The molecular formula is C21H23N3O2. The molecule has 26 heavy (non-hydrogen) atoms. The lowest BCUT2D eigenvalue weighted by molar-refractivity contribution is -0.119. The van der Waals surface area contributed by atoms with Crippen LogP contribution in [0, 0.1) is 5.92 Å². The van der Waals surface area contributed by atoms with Crippen LogP contribution in [0.2, 0.25) is 0 Å². The first kappa shape index (κ1) is 16.8. The molecule has 0 saturated carbocycles. The third-order valence-corrected chi connectivity index (χ3v) is 5.43. The van der Waals surface area contributed by atoms with E-state index in [1.807, 2.05) is 37.4 Å². The van der Waals surface area contributed by atoms with Crippen molar-refractivity contribution in [3.63, 3.8) is 0 Å². The van der Waals surface area contributed by atoms with Gasteiger partial charge in [0.05, 0.1) is 5.92 Å². The number of anilines is 1. The van der Waals surface area contributed by atoms with E-state index in [2.05, 4.69) is 22.3 Å². The van der Waals surface area contributed by atoms with Gasteiger partial charge in [-0.2, -0.15) is 0 Å². The second-order valence-electron chi connectivity index (χ2n) is 7.37. The van der Waals surface area contributed by atoms with Crippen LogP contribution in [-0.4, -0.2) is 48.8 Å². The summed E-state index contributed by atoms with van der Waals surface area (Å²) in [5, 5.41) is 3.03. The van der Waals surface area contributed by atoms with Gasteiger partial charge >= 0.3 is 0 Å². The number of nitrogens with one attached hydrogen (secondary N) is 1. The average Bonchev–Trinajstić information content (AvgIpc) is 3.17. The average molecular weight is 349 g/mol. The zero-order valence-electron chi connectivity index (χ0n) is 15.1. The second-order valence-corrected chi connectivity index (χ2v) is 7.37. The van der Waals surface area contributed by atoms with Gasteiger partial charge in [-0.15, -0.1) is 0 Å². The summed E-state index contributed by atoms with van der Waals surface area (Å²) >= 11 is 0. The number of likely N-dealkylation sites (tertiary alicyclic amines) is 1. The van der Waals surface area contributed by atoms with Crippen molar-refractivity contribution >= 4 is 17.5 Å². The van der Waals surface area contributed by atoms with Crippen molar-refractivity contribution in [1.29, 1.82) is 0 Å². The number of amides is 2. The van der Waals surface area contributed by atoms with Gasteiger partial charge in [0, 0.05) is 43.9 Å². The van der Waals surface area contributed by atoms with E-state index in [9.17, 15) is 9.59 Å². The highest BCUT2D eigenvalue weighted by Crippen LogP contribution is 2.33. The molecule has 2 heterocycles. The molecule has 0 spiro atoms. The zero-order valence-corrected chi connectivity index (χ0v) is 15.1. The Morgan fingerprint density at radius 2 is 1.85 bits per heavy atom. The lowest BCUT2D eigenvalue weighted by Gasteiger charge is -2.18. The highest BCUT2D eigenvalue weighted by atomic mass is 16.2. The number of likely N-dealkylation sites (N-methyl/N-ethyl adjacent to an activating group) is 1. The second kappa shape index (κ2) is 6.57. The molecular weight excluding hydrogens is 326 g/mol. The van der Waals surface area contributed by atoms with Crippen LogP contribution in [0.5, 0.6) is 0 Å². The molecule has 134 valence electrons. The number of benzene rings is 2. The molecule has 4 rings (SSSR count). The van der Waals surface area contributed by atoms with Gasteiger partial charge in [0.1, 0.15) is 0 Å². The van der Waals surface area contributed by atoms with Gasteiger partial charge < -0.3 is 15.1 Å². The highest BCUT2D eigenvalue weighted by molar-refractivity contribution is 6.00. The first-order chi connectivity index (χ1) is 12.5. The Balaban J connectivity index is 1.54. The van der Waals surface area contributed by atoms with Crippen molar-refractivity contribution in [2.75, 3.05) is 32.5 Å². The number of hydrogen-bond acceptors (Lipinski definition) is 3. The van der Waals surface area contributed by atoms with E-state index in [-0.39, 0.29) is 23.7 Å². The minimum Gasteiger partial charge on any atom is -0.337 e. The highest BCUT2D eigenvalue weighted by Gasteiger charge is 2.37. The van der Waals surface area contributed by atoms with E-state index in [1.54, 1.807) is 18.0 Å². The number of carbonyl (C=O) groups excluding carboxylic acids is 2. The molecule has 5 heteroatoms. The summed E-state index contributed by atoms with van der Waals surface area (Å²) in [5.74, 6) is 0.109. The Kier molecular flexibility index (Phi) is 4.24. The SMILES string of the molecule is CN1C[C@@H](C(=O)Nc2ccc3c(c2)C(=O)N(C)C3)[C@H](c2ccccc2)C1. The van der Waals surface area contributed by atoms with Crippen LogP contribution < -0.4 is 5.32 Å². The molecule has 0 unspecified atom stereocenters. The Bertz CT molecular complexity index is 850. The molecule has 2 aromatic rings. The van der Waals surface area contributed by atoms with Crippen molar-refractivity contribution in [2.45, 2.75) is 12.5 Å². The predicted octanol–water partition coefficient (Wildman–Crippen LogP) is 2.56. The maximum absolute atomic E-state index is 13.0. The maximum atomic E-state index is 13.0. The van der Waals surface area contributed by atoms with Crippen LogP contribution in [0.1, 0.15) is 27.4 Å². The molecule has 2 amide bonds. The summed E-state index contributed by atoms with van der Waals surface area (Å²) in [6, 6.07) is 15.8. The normalized spacial score (nSPS) is 22.5. The first-order valence-corrected chi connectivity index (χ1v) is 8.95. The largest absolute Gasteiger partial charge is 0.337 e. The van der Waals surface area contributed by atoms with Gasteiger partial charge in [0.2, 0.25) is 5.91 Å². The van der Waals surface area contributed by atoms with E-state index >= 15 is 0 Å². The van der Waals surface area contributed by atoms with E-state index in [0.717, 1.165) is 18.7 Å². The first-order valence-electron chi connectivity index (χ1n) is 8.95. The Morgan fingerprint density at radius 3 is 2.62 bits per heavy atom. The van der Waals surface area contributed by atoms with E-state index in [1.165, 1.54) is 5.56 Å². The minimum atomic E-state index is -0.103. The quantitative estimate of drug-likeness (QED) is 0.927. The van der Waals surface area contributed by atoms with Gasteiger partial charge in [0.15, 0.2) is 0 Å². The third-order valence-electron chi connectivity index (χ3n) is 5.43. The molecule has 1 fully saturated rings. The standard InChI is InChI=1S/C21H23N3O2/c1-23-12-18(14-6-4-3-5-7-14)19(13-23)20(25)22-16-9-8-15-11-24(2)21(26)17(15)10-16/h3-10,18-19H,11-13H2,1-2H3,(H,22,25)/t18-,19+/m0/s1. The van der Waals surface area contributed by atoms with Gasteiger partial charge in [-0.1, -0.05) is 36.4 Å². The summed E-state index contributed by atoms with van der Waals surface area (Å²) in [6.45, 7) is 2.24. The van der Waals surface area contributed by atoms with Gasteiger partial charge in [-0.25, -0.2) is 0 Å². The Morgan fingerprint density at radius 1 is 1.08 bits per heavy atom. The monoisotopic (exact) mass is 349 g/mol. The number of hydrogen-bond donors (Lipinski definition) is 1. The van der Waals surface area contributed by atoms with E-state index in [0.29, 0.717) is 17.8 Å². The number of nitrogens with zero attached hydrogens (tertiary/aromatic N) is 2. The summed E-state index contributed by atoms with van der Waals surface area (Å²) < 4.78 is 0. The topological polar surface area (TPSA) is 52.7 Å². The van der Waals surface area contributed by atoms with Gasteiger partial charge in [-0.3, -0.25) is 9.59 Å². The fraction of sp³-hybridized carbons (Fsp3) is 0.333. The minimum absolute atomic E-state index is 0.0128. The molecule has 2 aromatic carbocycles. The van der Waals surface area contributed by atoms with Crippen molar-refractivity contribution in [1.82, 2.24) is 9.80 Å². The van der Waals surface area contributed by atoms with Crippen molar-refractivity contribution in [3.8, 4) is 0 Å². The number of rotatable bonds is 3. The van der Waals surface area contributed by atoms with E-state index < -0.39 is 0 Å². The Labute approximate surface area is 153 Å². The molecule has 2 aliphatic heterocycles. The smallest absolute Gasteiger partial charge is 0.254 e. The van der Waals surface area contributed by atoms with E-state index in [4.69, 9.17) is 0 Å². The summed E-state index contributed by atoms with van der Waals surface area (Å²) in [6.07, 6.45) is 0. The molecule has 2 aliphatic rings. The molecule has 5 nitrogen and oxygen atoms in total. The molecule has 1 saturated heterocycles. The van der Waals surface area contributed by atoms with Crippen LogP contribution in [0.15, 0.2) is 48.5 Å². The molecule has 0 aromatic heterocycles. The zero-order chi connectivity index (χ0) is 18.3. The molecule has 2 atom stereocenters. The van der Waals surface area contributed by atoms with Crippen LogP contribution in [0.4, 0.5) is 5.69 Å². The van der Waals surface area contributed by atoms with Crippen molar-refractivity contribution in [2.24, 2.45) is 5.92 Å². The molecule has 0 aliphatic carbocycles. The molecule has 1 N–H and O–H groups in total. The van der Waals surface area contributed by atoms with Crippen molar-refractivity contribution < 1.29 is 9.59 Å². The lowest BCUT2D eigenvalue weighted by atomic mass is 9.88. The summed E-state index contributed by atoms with van der Waals surface area (Å²) in [4.78, 5) is 29.0. The Hall–Kier alpha value is -2.66. The summed E-state index contributed by atoms with van der Waals surface area (Å²) in [5.41, 5.74) is 3.59. The number of carbonyl (C=O) groups is 2. The van der Waals surface area contributed by atoms with Crippen LogP contribution in [0.3, 0.4) is 0 Å². The van der Waals surface area contributed by atoms with Crippen molar-refractivity contribution in [3.05, 3.63) is 65.2 Å². The lowest BCUT2D eigenvalue weighted by Crippen LogP contribution is -2.28. The fourth-order valence-corrected chi connectivity index (χ4v) is 4.06. The summed E-state index contributed by atoms with van der Waals surface area (Å²) in [7, 11) is 3.84. The van der Waals surface area contributed by atoms with Gasteiger partial charge in [-0.05, 0) is 30.3 Å². The van der Waals surface area contributed by atoms with Crippen LogP contribution >= 0.6 is 0 Å². The predicted molar refractivity (Wildman–Crippen MR) is 101 cm³/mol. The number of fused-ring (bicyclic) bond motifs is 1. The maximum Gasteiger partial charge on any atom is 0.254 e. The van der Waals surface area contributed by atoms with Crippen LogP contribution in [0.25, 0.3) is 0 Å². The van der Waals surface area contributed by atoms with Gasteiger partial charge in [0.25, 0.3) is 5.91 Å². The molecule has 0 radical (unpaired) electrons. The van der Waals surface area contributed by atoms with Crippen LogP contribution in [-0.2, 0) is 11.3 Å². The third kappa shape index (κ3) is 2.99. The fourth-order valence-electron chi connectivity index (χ4n) is 4.06.